The summed E-state index contributed by atoms with van der Waals surface area (Å²) in [6.45, 7) is 3.56. The Hall–Kier alpha value is -3.62. The number of fused-ring (bicyclic) bond motifs is 2. The number of hydrogen-bond donors (Lipinski definition) is 1. The Morgan fingerprint density at radius 1 is 1.24 bits per heavy atom. The maximum atomic E-state index is 12.5. The number of ether oxygens (including phenoxy) is 3. The van der Waals surface area contributed by atoms with Crippen molar-refractivity contribution in [2.75, 3.05) is 19.8 Å². The summed E-state index contributed by atoms with van der Waals surface area (Å²) in [4.78, 5) is 28.7. The zero-order valence-corrected chi connectivity index (χ0v) is 15.9. The van der Waals surface area contributed by atoms with E-state index >= 15 is 0 Å². The molecule has 0 fully saturated rings. The fraction of sp³-hybridized carbons (Fsp3) is 0.300. The molecule has 3 heterocycles. The van der Waals surface area contributed by atoms with E-state index in [2.05, 4.69) is 15.5 Å². The standard InChI is InChI=1S/C20H19N3O6/c1-11-7-14(18-12(2)23-29-19(18)22-11)20(25)27-10-17(24)21-8-13-9-26-15-5-3-4-6-16(15)28-13/h3-7,13H,8-10H2,1-2H3,(H,21,24). The van der Waals surface area contributed by atoms with Gasteiger partial charge in [-0.2, -0.15) is 0 Å². The second-order valence-electron chi connectivity index (χ2n) is 6.64. The molecule has 0 aliphatic carbocycles. The normalized spacial score (nSPS) is 15.2. The zero-order chi connectivity index (χ0) is 20.4. The molecule has 3 aromatic rings. The van der Waals surface area contributed by atoms with Crippen LogP contribution in [0.2, 0.25) is 0 Å². The van der Waals surface area contributed by atoms with Crippen LogP contribution in [0.1, 0.15) is 21.7 Å². The average molecular weight is 397 g/mol. The quantitative estimate of drug-likeness (QED) is 0.650. The van der Waals surface area contributed by atoms with Gasteiger partial charge in [0.05, 0.1) is 23.2 Å². The van der Waals surface area contributed by atoms with Gasteiger partial charge in [-0.1, -0.05) is 17.3 Å². The molecule has 0 spiro atoms. The van der Waals surface area contributed by atoms with Gasteiger partial charge in [0.1, 0.15) is 12.7 Å². The minimum Gasteiger partial charge on any atom is -0.486 e. The zero-order valence-electron chi connectivity index (χ0n) is 15.9. The van der Waals surface area contributed by atoms with Gasteiger partial charge in [0.15, 0.2) is 18.1 Å². The maximum absolute atomic E-state index is 12.5. The number of amides is 1. The van der Waals surface area contributed by atoms with Crippen molar-refractivity contribution < 1.29 is 28.3 Å². The number of aryl methyl sites for hydroxylation is 2. The van der Waals surface area contributed by atoms with Gasteiger partial charge in [-0.3, -0.25) is 4.79 Å². The Bertz CT molecular complexity index is 1080. The molecular formula is C20H19N3O6. The molecule has 9 heteroatoms. The molecule has 0 bridgehead atoms. The number of aromatic nitrogens is 2. The third-order valence-corrected chi connectivity index (χ3v) is 4.39. The summed E-state index contributed by atoms with van der Waals surface area (Å²) in [6.07, 6.45) is -0.327. The number of carbonyl (C=O) groups excluding carboxylic acids is 2. The number of para-hydroxylation sites is 2. The molecule has 2 aromatic heterocycles. The highest BCUT2D eigenvalue weighted by Crippen LogP contribution is 2.30. The van der Waals surface area contributed by atoms with E-state index in [9.17, 15) is 9.59 Å². The van der Waals surface area contributed by atoms with Crippen molar-refractivity contribution in [2.45, 2.75) is 20.0 Å². The van der Waals surface area contributed by atoms with E-state index in [4.69, 9.17) is 18.7 Å². The topological polar surface area (TPSA) is 113 Å². The van der Waals surface area contributed by atoms with Gasteiger partial charge in [-0.15, -0.1) is 0 Å². The number of carbonyl (C=O) groups is 2. The van der Waals surface area contributed by atoms with E-state index in [-0.39, 0.29) is 23.9 Å². The molecule has 1 N–H and O–H groups in total. The second-order valence-corrected chi connectivity index (χ2v) is 6.64. The van der Waals surface area contributed by atoms with E-state index in [1.807, 2.05) is 18.2 Å². The van der Waals surface area contributed by atoms with E-state index in [0.29, 0.717) is 34.9 Å². The Balaban J connectivity index is 1.31. The van der Waals surface area contributed by atoms with Crippen LogP contribution in [-0.4, -0.2) is 47.9 Å². The molecule has 0 saturated carbocycles. The van der Waals surface area contributed by atoms with Crippen LogP contribution in [-0.2, 0) is 9.53 Å². The summed E-state index contributed by atoms with van der Waals surface area (Å²) in [5.74, 6) is 0.218. The molecule has 150 valence electrons. The van der Waals surface area contributed by atoms with Crippen LogP contribution in [0, 0.1) is 13.8 Å². The molecule has 0 radical (unpaired) electrons. The lowest BCUT2D eigenvalue weighted by Crippen LogP contribution is -2.42. The summed E-state index contributed by atoms with van der Waals surface area (Å²) in [5.41, 5.74) is 1.63. The van der Waals surface area contributed by atoms with Crippen LogP contribution in [0.5, 0.6) is 11.5 Å². The molecule has 1 amide bonds. The van der Waals surface area contributed by atoms with Crippen molar-refractivity contribution in [3.05, 3.63) is 47.3 Å². The van der Waals surface area contributed by atoms with E-state index in [1.54, 1.807) is 26.0 Å². The highest BCUT2D eigenvalue weighted by atomic mass is 16.6. The third-order valence-electron chi connectivity index (χ3n) is 4.39. The molecule has 1 atom stereocenters. The Kier molecular flexibility index (Phi) is 5.03. The third kappa shape index (κ3) is 3.98. The SMILES string of the molecule is Cc1cc(C(=O)OCC(=O)NCC2COc3ccccc3O2)c2c(C)noc2n1. The summed E-state index contributed by atoms with van der Waals surface area (Å²) in [7, 11) is 0. The van der Waals surface area contributed by atoms with Crippen molar-refractivity contribution in [3.8, 4) is 11.5 Å². The minimum absolute atomic E-state index is 0.230. The van der Waals surface area contributed by atoms with Gasteiger partial charge in [0.25, 0.3) is 11.6 Å². The van der Waals surface area contributed by atoms with Gasteiger partial charge in [-0.05, 0) is 32.0 Å². The number of hydrogen-bond acceptors (Lipinski definition) is 8. The molecular weight excluding hydrogens is 378 g/mol. The van der Waals surface area contributed by atoms with Crippen molar-refractivity contribution >= 4 is 23.0 Å². The lowest BCUT2D eigenvalue weighted by molar-refractivity contribution is -0.124. The summed E-state index contributed by atoms with van der Waals surface area (Å²) in [6, 6.07) is 8.90. The molecule has 1 aliphatic rings. The first-order valence-electron chi connectivity index (χ1n) is 9.07. The Morgan fingerprint density at radius 3 is 2.86 bits per heavy atom. The molecule has 1 aliphatic heterocycles. The van der Waals surface area contributed by atoms with E-state index < -0.39 is 18.5 Å². The average Bonchev–Trinajstić information content (AvgIpc) is 3.10. The van der Waals surface area contributed by atoms with Gasteiger partial charge in [-0.25, -0.2) is 9.78 Å². The maximum Gasteiger partial charge on any atom is 0.339 e. The number of pyridine rings is 1. The summed E-state index contributed by atoms with van der Waals surface area (Å²) in [5, 5.41) is 6.98. The number of rotatable bonds is 5. The highest BCUT2D eigenvalue weighted by molar-refractivity contribution is 6.03. The second kappa shape index (κ2) is 7.78. The fourth-order valence-corrected chi connectivity index (χ4v) is 3.03. The molecule has 9 nitrogen and oxygen atoms in total. The summed E-state index contributed by atoms with van der Waals surface area (Å²) >= 11 is 0. The first kappa shape index (κ1) is 18.7. The van der Waals surface area contributed by atoms with Crippen molar-refractivity contribution in [2.24, 2.45) is 0 Å². The van der Waals surface area contributed by atoms with Crippen LogP contribution >= 0.6 is 0 Å². The molecule has 29 heavy (non-hydrogen) atoms. The Labute approximate surface area is 165 Å². The van der Waals surface area contributed by atoms with Gasteiger partial charge < -0.3 is 24.1 Å². The van der Waals surface area contributed by atoms with Crippen molar-refractivity contribution in [3.63, 3.8) is 0 Å². The highest BCUT2D eigenvalue weighted by Gasteiger charge is 2.22. The smallest absolute Gasteiger partial charge is 0.339 e. The first-order valence-corrected chi connectivity index (χ1v) is 9.07. The largest absolute Gasteiger partial charge is 0.486 e. The van der Waals surface area contributed by atoms with Crippen LogP contribution in [0.25, 0.3) is 11.1 Å². The number of esters is 1. The van der Waals surface area contributed by atoms with Crippen LogP contribution in [0.15, 0.2) is 34.9 Å². The first-order chi connectivity index (χ1) is 14.0. The number of benzene rings is 1. The Morgan fingerprint density at radius 2 is 2.03 bits per heavy atom. The minimum atomic E-state index is -0.645. The van der Waals surface area contributed by atoms with Crippen LogP contribution in [0.3, 0.4) is 0 Å². The number of nitrogens with one attached hydrogen (secondary N) is 1. The van der Waals surface area contributed by atoms with Gasteiger partial charge in [0, 0.05) is 5.69 Å². The molecule has 1 unspecified atom stereocenters. The van der Waals surface area contributed by atoms with Crippen molar-refractivity contribution in [1.29, 1.82) is 0 Å². The predicted octanol–water partition coefficient (Wildman–Crippen LogP) is 1.95. The fourth-order valence-electron chi connectivity index (χ4n) is 3.03. The van der Waals surface area contributed by atoms with Gasteiger partial charge in [0.2, 0.25) is 0 Å². The molecule has 4 rings (SSSR count). The lowest BCUT2D eigenvalue weighted by atomic mass is 10.1. The van der Waals surface area contributed by atoms with Crippen molar-refractivity contribution in [1.82, 2.24) is 15.5 Å². The lowest BCUT2D eigenvalue weighted by Gasteiger charge is -2.26. The van der Waals surface area contributed by atoms with Crippen LogP contribution in [0.4, 0.5) is 0 Å². The molecule has 1 aromatic carbocycles. The van der Waals surface area contributed by atoms with Crippen LogP contribution < -0.4 is 14.8 Å². The molecule has 0 saturated heterocycles. The summed E-state index contributed by atoms with van der Waals surface area (Å²) < 4.78 is 21.6. The number of nitrogens with zero attached hydrogens (tertiary/aromatic N) is 2. The predicted molar refractivity (Wildman–Crippen MR) is 101 cm³/mol. The monoisotopic (exact) mass is 397 g/mol. The van der Waals surface area contributed by atoms with E-state index in [1.165, 1.54) is 0 Å². The van der Waals surface area contributed by atoms with E-state index in [0.717, 1.165) is 0 Å². The van der Waals surface area contributed by atoms with Gasteiger partial charge >= 0.3 is 5.97 Å².